The first-order valence-electron chi connectivity index (χ1n) is 4.96. The first-order chi connectivity index (χ1) is 6.77. The van der Waals surface area contributed by atoms with Gasteiger partial charge in [0.05, 0.1) is 11.5 Å². The van der Waals surface area contributed by atoms with Crippen LogP contribution in [0.3, 0.4) is 0 Å². The van der Waals surface area contributed by atoms with Crippen LogP contribution < -0.4 is 0 Å². The van der Waals surface area contributed by atoms with Gasteiger partial charge in [-0.1, -0.05) is 0 Å². The van der Waals surface area contributed by atoms with Crippen molar-refractivity contribution < 1.29 is 9.53 Å². The predicted octanol–water partition coefficient (Wildman–Crippen LogP) is 2.67. The standard InChI is InChI=1S/C11H14O2S/c1-8-4-5-10(14-8)11(12)9-3-2-6-13-7-9/h4-5,9H,2-3,6-7H2,1H3. The zero-order valence-corrected chi connectivity index (χ0v) is 9.10. The molecule has 1 saturated heterocycles. The molecule has 1 aliphatic rings. The van der Waals surface area contributed by atoms with Gasteiger partial charge in [-0.3, -0.25) is 4.79 Å². The number of thiophene rings is 1. The minimum atomic E-state index is 0.0989. The van der Waals surface area contributed by atoms with Gasteiger partial charge in [0, 0.05) is 17.4 Å². The monoisotopic (exact) mass is 210 g/mol. The van der Waals surface area contributed by atoms with Gasteiger partial charge in [0.15, 0.2) is 5.78 Å². The van der Waals surface area contributed by atoms with Crippen LogP contribution in [-0.2, 0) is 4.74 Å². The van der Waals surface area contributed by atoms with Crippen LogP contribution in [0.25, 0.3) is 0 Å². The Bertz CT molecular complexity index is 324. The second-order valence-corrected chi connectivity index (χ2v) is 4.98. The maximum atomic E-state index is 11.9. The summed E-state index contributed by atoms with van der Waals surface area (Å²) in [4.78, 5) is 14.0. The molecule has 0 aromatic carbocycles. The minimum Gasteiger partial charge on any atom is -0.381 e. The average molecular weight is 210 g/mol. The number of carbonyl (C=O) groups excluding carboxylic acids is 1. The van der Waals surface area contributed by atoms with Crippen LogP contribution in [0.1, 0.15) is 27.4 Å². The highest BCUT2D eigenvalue weighted by atomic mass is 32.1. The minimum absolute atomic E-state index is 0.0989. The molecule has 3 heteroatoms. The van der Waals surface area contributed by atoms with E-state index < -0.39 is 0 Å². The first kappa shape index (κ1) is 9.87. The second kappa shape index (κ2) is 4.24. The number of ether oxygens (including phenoxy) is 1. The molecule has 0 aliphatic carbocycles. The highest BCUT2D eigenvalue weighted by Crippen LogP contribution is 2.23. The third-order valence-electron chi connectivity index (χ3n) is 2.51. The molecular formula is C11H14O2S. The lowest BCUT2D eigenvalue weighted by molar-refractivity contribution is 0.0464. The molecule has 0 bridgehead atoms. The van der Waals surface area contributed by atoms with Gasteiger partial charge < -0.3 is 4.74 Å². The van der Waals surface area contributed by atoms with Gasteiger partial charge in [-0.25, -0.2) is 0 Å². The average Bonchev–Trinajstić information content (AvgIpc) is 2.65. The van der Waals surface area contributed by atoms with Crippen molar-refractivity contribution in [1.82, 2.24) is 0 Å². The molecule has 1 fully saturated rings. The highest BCUT2D eigenvalue weighted by Gasteiger charge is 2.23. The van der Waals surface area contributed by atoms with Gasteiger partial charge in [-0.2, -0.15) is 0 Å². The summed E-state index contributed by atoms with van der Waals surface area (Å²) >= 11 is 1.58. The molecule has 2 nitrogen and oxygen atoms in total. The molecule has 2 rings (SSSR count). The van der Waals surface area contributed by atoms with Crippen molar-refractivity contribution in [2.24, 2.45) is 5.92 Å². The summed E-state index contributed by atoms with van der Waals surface area (Å²) in [5.74, 6) is 0.365. The Kier molecular flexibility index (Phi) is 2.99. The van der Waals surface area contributed by atoms with Gasteiger partial charge in [0.25, 0.3) is 0 Å². The van der Waals surface area contributed by atoms with E-state index in [1.165, 1.54) is 4.88 Å². The zero-order valence-electron chi connectivity index (χ0n) is 8.29. The largest absolute Gasteiger partial charge is 0.381 e. The first-order valence-corrected chi connectivity index (χ1v) is 5.77. The Morgan fingerprint density at radius 1 is 1.57 bits per heavy atom. The Morgan fingerprint density at radius 2 is 2.43 bits per heavy atom. The fraction of sp³-hybridized carbons (Fsp3) is 0.545. The molecule has 14 heavy (non-hydrogen) atoms. The SMILES string of the molecule is Cc1ccc(C(=O)C2CCCOC2)s1. The van der Waals surface area contributed by atoms with Crippen LogP contribution in [0.15, 0.2) is 12.1 Å². The number of hydrogen-bond donors (Lipinski definition) is 0. The van der Waals surface area contributed by atoms with Crippen molar-refractivity contribution >= 4 is 17.1 Å². The molecule has 1 aromatic heterocycles. The summed E-state index contributed by atoms with van der Waals surface area (Å²) < 4.78 is 5.32. The number of ketones is 1. The van der Waals surface area contributed by atoms with Crippen LogP contribution in [0.2, 0.25) is 0 Å². The molecule has 1 unspecified atom stereocenters. The number of carbonyl (C=O) groups is 1. The molecule has 76 valence electrons. The Hall–Kier alpha value is -0.670. The lowest BCUT2D eigenvalue weighted by Crippen LogP contribution is -2.24. The maximum Gasteiger partial charge on any atom is 0.178 e. The quantitative estimate of drug-likeness (QED) is 0.701. The fourth-order valence-electron chi connectivity index (χ4n) is 1.72. The Labute approximate surface area is 87.9 Å². The van der Waals surface area contributed by atoms with E-state index in [0.717, 1.165) is 24.3 Å². The number of Topliss-reactive ketones (excluding diaryl/α,β-unsaturated/α-hetero) is 1. The third kappa shape index (κ3) is 2.04. The molecular weight excluding hydrogens is 196 g/mol. The topological polar surface area (TPSA) is 26.3 Å². The van der Waals surface area contributed by atoms with E-state index in [1.807, 2.05) is 19.1 Å². The lowest BCUT2D eigenvalue weighted by Gasteiger charge is -2.19. The maximum absolute atomic E-state index is 11.9. The van der Waals surface area contributed by atoms with E-state index in [0.29, 0.717) is 6.61 Å². The number of hydrogen-bond acceptors (Lipinski definition) is 3. The fourth-order valence-corrected chi connectivity index (χ4v) is 2.60. The highest BCUT2D eigenvalue weighted by molar-refractivity contribution is 7.14. The van der Waals surface area contributed by atoms with Crippen LogP contribution in [0, 0.1) is 12.8 Å². The van der Waals surface area contributed by atoms with Crippen molar-refractivity contribution in [3.63, 3.8) is 0 Å². The number of aryl methyl sites for hydroxylation is 1. The molecule has 0 amide bonds. The van der Waals surface area contributed by atoms with E-state index in [-0.39, 0.29) is 11.7 Å². The zero-order chi connectivity index (χ0) is 9.97. The summed E-state index contributed by atoms with van der Waals surface area (Å²) in [6, 6.07) is 3.93. The second-order valence-electron chi connectivity index (χ2n) is 3.69. The Morgan fingerprint density at radius 3 is 3.00 bits per heavy atom. The van der Waals surface area contributed by atoms with E-state index in [4.69, 9.17) is 4.74 Å². The Balaban J connectivity index is 2.07. The van der Waals surface area contributed by atoms with Crippen molar-refractivity contribution in [3.8, 4) is 0 Å². The van der Waals surface area contributed by atoms with Crippen LogP contribution in [0.5, 0.6) is 0 Å². The molecule has 2 heterocycles. The molecule has 1 aromatic rings. The van der Waals surface area contributed by atoms with E-state index in [2.05, 4.69) is 0 Å². The summed E-state index contributed by atoms with van der Waals surface area (Å²) in [6.07, 6.45) is 2.00. The van der Waals surface area contributed by atoms with Crippen molar-refractivity contribution in [2.75, 3.05) is 13.2 Å². The molecule has 0 radical (unpaired) electrons. The smallest absolute Gasteiger partial charge is 0.178 e. The molecule has 0 spiro atoms. The molecule has 1 aliphatic heterocycles. The van der Waals surface area contributed by atoms with Gasteiger partial charge in [0.2, 0.25) is 0 Å². The van der Waals surface area contributed by atoms with Crippen LogP contribution >= 0.6 is 11.3 Å². The summed E-state index contributed by atoms with van der Waals surface area (Å²) in [5.41, 5.74) is 0. The van der Waals surface area contributed by atoms with E-state index in [9.17, 15) is 4.79 Å². The molecule has 1 atom stereocenters. The van der Waals surface area contributed by atoms with Gasteiger partial charge in [0.1, 0.15) is 0 Å². The predicted molar refractivity (Wildman–Crippen MR) is 56.9 cm³/mol. The van der Waals surface area contributed by atoms with E-state index in [1.54, 1.807) is 11.3 Å². The normalized spacial score (nSPS) is 22.2. The van der Waals surface area contributed by atoms with Crippen molar-refractivity contribution in [3.05, 3.63) is 21.9 Å². The lowest BCUT2D eigenvalue weighted by atomic mass is 9.96. The summed E-state index contributed by atoms with van der Waals surface area (Å²) in [7, 11) is 0. The van der Waals surface area contributed by atoms with Gasteiger partial charge >= 0.3 is 0 Å². The van der Waals surface area contributed by atoms with Gasteiger partial charge in [-0.15, -0.1) is 11.3 Å². The van der Waals surface area contributed by atoms with Crippen LogP contribution in [0.4, 0.5) is 0 Å². The van der Waals surface area contributed by atoms with Crippen molar-refractivity contribution in [1.29, 1.82) is 0 Å². The summed E-state index contributed by atoms with van der Waals surface area (Å²) in [6.45, 7) is 3.45. The van der Waals surface area contributed by atoms with Crippen molar-refractivity contribution in [2.45, 2.75) is 19.8 Å². The number of rotatable bonds is 2. The van der Waals surface area contributed by atoms with Crippen LogP contribution in [-0.4, -0.2) is 19.0 Å². The molecule has 0 N–H and O–H groups in total. The molecule has 0 saturated carbocycles. The summed E-state index contributed by atoms with van der Waals surface area (Å²) in [5, 5.41) is 0. The van der Waals surface area contributed by atoms with E-state index >= 15 is 0 Å². The third-order valence-corrected chi connectivity index (χ3v) is 3.53. The van der Waals surface area contributed by atoms with Gasteiger partial charge in [-0.05, 0) is 31.9 Å².